The van der Waals surface area contributed by atoms with Gasteiger partial charge < -0.3 is 9.47 Å². The van der Waals surface area contributed by atoms with Crippen LogP contribution in [0.4, 0.5) is 0 Å². The van der Waals surface area contributed by atoms with Gasteiger partial charge in [0.2, 0.25) is 0 Å². The number of carbonyl (C=O) groups excluding carboxylic acids is 2. The van der Waals surface area contributed by atoms with Crippen LogP contribution in [0.1, 0.15) is 44.7 Å². The lowest BCUT2D eigenvalue weighted by Crippen LogP contribution is -2.14. The predicted molar refractivity (Wildman–Crippen MR) is 115 cm³/mol. The number of rotatable bonds is 6. The fourth-order valence-electron chi connectivity index (χ4n) is 3.68. The van der Waals surface area contributed by atoms with Crippen molar-refractivity contribution < 1.29 is 19.1 Å². The van der Waals surface area contributed by atoms with Crippen molar-refractivity contribution in [2.45, 2.75) is 46.5 Å². The Hall–Kier alpha value is -3.14. The fourth-order valence-corrected chi connectivity index (χ4v) is 3.68. The van der Waals surface area contributed by atoms with E-state index in [9.17, 15) is 9.59 Å². The van der Waals surface area contributed by atoms with Gasteiger partial charge in [0.05, 0.1) is 0 Å². The Morgan fingerprint density at radius 3 is 2.28 bits per heavy atom. The molecule has 4 heteroatoms. The van der Waals surface area contributed by atoms with Gasteiger partial charge in [-0.05, 0) is 39.5 Å². The summed E-state index contributed by atoms with van der Waals surface area (Å²) >= 11 is 0. The van der Waals surface area contributed by atoms with E-state index in [0.29, 0.717) is 24.3 Å². The van der Waals surface area contributed by atoms with Gasteiger partial charge in [0.25, 0.3) is 0 Å². The van der Waals surface area contributed by atoms with Crippen molar-refractivity contribution >= 4 is 22.7 Å². The Morgan fingerprint density at radius 2 is 1.69 bits per heavy atom. The number of benzene rings is 2. The average molecular weight is 390 g/mol. The quantitative estimate of drug-likeness (QED) is 0.278. The lowest BCUT2D eigenvalue weighted by atomic mass is 9.85. The molecule has 0 atom stereocenters. The van der Waals surface area contributed by atoms with Crippen molar-refractivity contribution in [2.75, 3.05) is 0 Å². The minimum atomic E-state index is -0.502. The summed E-state index contributed by atoms with van der Waals surface area (Å²) in [4.78, 5) is 23.8. The van der Waals surface area contributed by atoms with E-state index in [-0.39, 0.29) is 5.97 Å². The molecule has 1 aliphatic rings. The molecule has 0 radical (unpaired) electrons. The zero-order valence-corrected chi connectivity index (χ0v) is 17.2. The summed E-state index contributed by atoms with van der Waals surface area (Å²) in [5.74, 6) is 0.218. The molecule has 3 rings (SSSR count). The molecule has 0 fully saturated rings. The van der Waals surface area contributed by atoms with E-state index in [1.54, 1.807) is 0 Å². The molecule has 0 aliphatic heterocycles. The summed E-state index contributed by atoms with van der Waals surface area (Å²) in [6.07, 6.45) is 8.78. The average Bonchev–Trinajstić information content (AvgIpc) is 2.69. The second kappa shape index (κ2) is 8.91. The van der Waals surface area contributed by atoms with E-state index in [1.807, 2.05) is 24.3 Å². The normalized spacial score (nSPS) is 12.6. The van der Waals surface area contributed by atoms with Gasteiger partial charge in [-0.15, -0.1) is 0 Å². The van der Waals surface area contributed by atoms with Crippen LogP contribution >= 0.6 is 0 Å². The van der Waals surface area contributed by atoms with Gasteiger partial charge >= 0.3 is 11.9 Å². The van der Waals surface area contributed by atoms with Crippen molar-refractivity contribution in [3.8, 4) is 11.5 Å². The lowest BCUT2D eigenvalue weighted by Gasteiger charge is -2.24. The van der Waals surface area contributed by atoms with E-state index in [2.05, 4.69) is 32.6 Å². The Labute approximate surface area is 171 Å². The van der Waals surface area contributed by atoms with Gasteiger partial charge in [0.15, 0.2) is 0 Å². The molecule has 0 saturated heterocycles. The summed E-state index contributed by atoms with van der Waals surface area (Å²) < 4.78 is 11.3. The van der Waals surface area contributed by atoms with E-state index in [0.717, 1.165) is 40.8 Å². The summed E-state index contributed by atoms with van der Waals surface area (Å²) in [5, 5.41) is 1.51. The molecular formula is C25H26O4. The Morgan fingerprint density at radius 1 is 1.03 bits per heavy atom. The third-order valence-electron chi connectivity index (χ3n) is 4.96. The van der Waals surface area contributed by atoms with E-state index in [4.69, 9.17) is 9.47 Å². The number of ether oxygens (including phenoxy) is 2. The molecule has 1 aliphatic carbocycles. The highest BCUT2D eigenvalue weighted by Crippen LogP contribution is 2.44. The summed E-state index contributed by atoms with van der Waals surface area (Å²) in [6, 6.07) is 7.53. The van der Waals surface area contributed by atoms with Crippen LogP contribution in [0.25, 0.3) is 10.8 Å². The van der Waals surface area contributed by atoms with Crippen LogP contribution in [0, 0.1) is 0 Å². The maximum Gasteiger partial charge on any atom is 0.335 e. The van der Waals surface area contributed by atoms with Crippen molar-refractivity contribution in [1.82, 2.24) is 0 Å². The van der Waals surface area contributed by atoms with Gasteiger partial charge in [-0.3, -0.25) is 4.79 Å². The van der Waals surface area contributed by atoms with E-state index < -0.39 is 5.97 Å². The molecule has 0 heterocycles. The van der Waals surface area contributed by atoms with Crippen LogP contribution in [0.15, 0.2) is 60.2 Å². The van der Waals surface area contributed by atoms with Crippen LogP contribution in [0.2, 0.25) is 0 Å². The molecule has 29 heavy (non-hydrogen) atoms. The minimum Gasteiger partial charge on any atom is -0.426 e. The molecule has 0 bridgehead atoms. The molecule has 0 aromatic heterocycles. The van der Waals surface area contributed by atoms with E-state index in [1.165, 1.54) is 18.1 Å². The molecule has 0 N–H and O–H groups in total. The predicted octanol–water partition coefficient (Wildman–Crippen LogP) is 5.63. The van der Waals surface area contributed by atoms with E-state index >= 15 is 0 Å². The van der Waals surface area contributed by atoms with Crippen molar-refractivity contribution in [3.63, 3.8) is 0 Å². The number of fused-ring (bicyclic) bond motifs is 2. The van der Waals surface area contributed by atoms with Crippen molar-refractivity contribution in [3.05, 3.63) is 71.3 Å². The zero-order chi connectivity index (χ0) is 21.0. The number of hydrogen-bond acceptors (Lipinski definition) is 4. The second-order valence-corrected chi connectivity index (χ2v) is 7.44. The first kappa shape index (κ1) is 20.6. The fraction of sp³-hybridized carbons (Fsp3) is 0.280. The van der Waals surface area contributed by atoms with Gasteiger partial charge in [0, 0.05) is 34.9 Å². The highest BCUT2D eigenvalue weighted by molar-refractivity contribution is 5.99. The largest absolute Gasteiger partial charge is 0.426 e. The first-order chi connectivity index (χ1) is 13.9. The first-order valence-electron chi connectivity index (χ1n) is 9.81. The summed E-state index contributed by atoms with van der Waals surface area (Å²) in [6.45, 7) is 9.10. The summed E-state index contributed by atoms with van der Waals surface area (Å²) in [5.41, 5.74) is 4.39. The molecule has 0 amide bonds. The maximum absolute atomic E-state index is 12.1. The molecule has 0 unspecified atom stereocenters. The van der Waals surface area contributed by atoms with Crippen LogP contribution < -0.4 is 9.47 Å². The van der Waals surface area contributed by atoms with Crippen LogP contribution in [-0.2, 0) is 22.4 Å². The number of allylic oxidation sites excluding steroid dienone is 4. The SMILES string of the molecule is C=CC(=O)Oc1c2c(c(OC(C)=O)c3ccccc13)CC=C(CCC=C(C)C)C2. The summed E-state index contributed by atoms with van der Waals surface area (Å²) in [7, 11) is 0. The first-order valence-corrected chi connectivity index (χ1v) is 9.81. The standard InChI is InChI=1S/C25H26O4/c1-5-23(27)29-25-20-12-7-6-11-19(20)24(28-17(4)26)21-14-13-18(15-22(21)25)10-8-9-16(2)3/h5-7,9,11-13H,1,8,10,14-15H2,2-4H3. The van der Waals surface area contributed by atoms with Gasteiger partial charge in [0.1, 0.15) is 11.5 Å². The van der Waals surface area contributed by atoms with Crippen LogP contribution in [0.5, 0.6) is 11.5 Å². The topological polar surface area (TPSA) is 52.6 Å². The molecule has 2 aromatic carbocycles. The van der Waals surface area contributed by atoms with Gasteiger partial charge in [-0.2, -0.15) is 0 Å². The second-order valence-electron chi connectivity index (χ2n) is 7.44. The van der Waals surface area contributed by atoms with Crippen LogP contribution in [-0.4, -0.2) is 11.9 Å². The number of esters is 2. The molecular weight excluding hydrogens is 364 g/mol. The Balaban J connectivity index is 2.14. The minimum absolute atomic E-state index is 0.369. The Bertz CT molecular complexity index is 1040. The number of carbonyl (C=O) groups is 2. The molecule has 150 valence electrons. The molecule has 0 saturated carbocycles. The van der Waals surface area contributed by atoms with Crippen LogP contribution in [0.3, 0.4) is 0 Å². The lowest BCUT2D eigenvalue weighted by molar-refractivity contribution is -0.132. The molecule has 0 spiro atoms. The maximum atomic E-state index is 12.1. The van der Waals surface area contributed by atoms with Crippen molar-refractivity contribution in [2.24, 2.45) is 0 Å². The highest BCUT2D eigenvalue weighted by Gasteiger charge is 2.26. The Kier molecular flexibility index (Phi) is 6.32. The monoisotopic (exact) mass is 390 g/mol. The van der Waals surface area contributed by atoms with Gasteiger partial charge in [-0.25, -0.2) is 4.79 Å². The van der Waals surface area contributed by atoms with Gasteiger partial charge in [-0.1, -0.05) is 54.1 Å². The molecule has 4 nitrogen and oxygen atoms in total. The van der Waals surface area contributed by atoms with Crippen molar-refractivity contribution in [1.29, 1.82) is 0 Å². The zero-order valence-electron chi connectivity index (χ0n) is 17.2. The smallest absolute Gasteiger partial charge is 0.335 e. The number of hydrogen-bond donors (Lipinski definition) is 0. The highest BCUT2D eigenvalue weighted by atomic mass is 16.5. The molecule has 2 aromatic rings. The third kappa shape index (κ3) is 4.65. The third-order valence-corrected chi connectivity index (χ3v) is 4.96.